The molecule has 0 aliphatic rings. The maximum atomic E-state index is 10.4. The molecule has 0 unspecified atom stereocenters. The Bertz CT molecular complexity index is 1320. The average molecular weight is 561 g/mol. The van der Waals surface area contributed by atoms with E-state index in [4.69, 9.17) is 18.9 Å². The molecule has 4 rings (SSSR count). The summed E-state index contributed by atoms with van der Waals surface area (Å²) >= 11 is 0. The number of phenolic OH excluding ortho intramolecular Hbond substituents is 4. The molecule has 4 N–H and O–H groups in total. The van der Waals surface area contributed by atoms with E-state index in [0.29, 0.717) is 29.4 Å². The third-order valence-corrected chi connectivity index (χ3v) is 7.97. The molecule has 216 valence electrons. The van der Waals surface area contributed by atoms with Crippen LogP contribution in [0.15, 0.2) is 72.8 Å². The summed E-state index contributed by atoms with van der Waals surface area (Å²) < 4.78 is 21.9. The van der Waals surface area contributed by atoms with Gasteiger partial charge in [-0.05, 0) is 77.2 Å². The molecule has 0 heterocycles. The molecule has 0 saturated heterocycles. The van der Waals surface area contributed by atoms with Gasteiger partial charge in [-0.1, -0.05) is 38.1 Å². The number of aromatic hydroxyl groups is 4. The van der Waals surface area contributed by atoms with E-state index in [0.717, 1.165) is 22.3 Å². The SMILES string of the molecule is COc1cc(C(C)(CC(C)(c2ccc(O)c(OC)c2)c2ccc(O)c(OC)c2)c2ccc(O)c(OC)c2)ccc1O. The maximum Gasteiger partial charge on any atom is 0.160 e. The van der Waals surface area contributed by atoms with Crippen LogP contribution in [0.5, 0.6) is 46.0 Å². The standard InChI is InChI=1S/C33H36O8/c1-32(20-7-11-24(34)28(15-20)38-3,21-8-12-25(35)29(16-21)39-4)19-33(2,22-9-13-26(36)30(17-22)40-5)23-10-14-27(37)31(18-23)41-6/h7-18,34-37H,19H2,1-6H3. The second-order valence-electron chi connectivity index (χ2n) is 10.4. The van der Waals surface area contributed by atoms with E-state index in [1.54, 1.807) is 48.5 Å². The fraction of sp³-hybridized carbons (Fsp3) is 0.273. The summed E-state index contributed by atoms with van der Waals surface area (Å²) in [6, 6.07) is 20.9. The third kappa shape index (κ3) is 5.37. The van der Waals surface area contributed by atoms with Gasteiger partial charge < -0.3 is 39.4 Å². The lowest BCUT2D eigenvalue weighted by molar-refractivity contribution is 0.354. The number of methoxy groups -OCH3 is 4. The second kappa shape index (κ2) is 11.4. The van der Waals surface area contributed by atoms with E-state index in [1.165, 1.54) is 28.4 Å². The molecule has 0 aliphatic heterocycles. The van der Waals surface area contributed by atoms with Gasteiger partial charge in [0.25, 0.3) is 0 Å². The summed E-state index contributed by atoms with van der Waals surface area (Å²) in [5, 5.41) is 41.6. The quantitative estimate of drug-likeness (QED) is 0.180. The van der Waals surface area contributed by atoms with Gasteiger partial charge in [0.05, 0.1) is 28.4 Å². The molecule has 4 aromatic carbocycles. The molecule has 0 spiro atoms. The zero-order valence-corrected chi connectivity index (χ0v) is 24.1. The molecule has 0 amide bonds. The summed E-state index contributed by atoms with van der Waals surface area (Å²) in [6.07, 6.45) is 0.434. The van der Waals surface area contributed by atoms with Gasteiger partial charge in [0.2, 0.25) is 0 Å². The molecule has 0 saturated carbocycles. The van der Waals surface area contributed by atoms with Crippen molar-refractivity contribution < 1.29 is 39.4 Å². The summed E-state index contributed by atoms with van der Waals surface area (Å²) in [4.78, 5) is 0. The van der Waals surface area contributed by atoms with Gasteiger partial charge in [-0.15, -0.1) is 0 Å². The van der Waals surface area contributed by atoms with E-state index >= 15 is 0 Å². The van der Waals surface area contributed by atoms with Crippen LogP contribution in [0.2, 0.25) is 0 Å². The minimum Gasteiger partial charge on any atom is -0.504 e. The first-order chi connectivity index (χ1) is 19.5. The molecule has 8 heteroatoms. The van der Waals surface area contributed by atoms with Crippen LogP contribution in [0.25, 0.3) is 0 Å². The van der Waals surface area contributed by atoms with Gasteiger partial charge in [-0.25, -0.2) is 0 Å². The average Bonchev–Trinajstić information content (AvgIpc) is 2.97. The Labute approximate surface area is 240 Å². The number of hydrogen-bond donors (Lipinski definition) is 4. The summed E-state index contributed by atoms with van der Waals surface area (Å²) in [7, 11) is 5.98. The first-order valence-electron chi connectivity index (χ1n) is 13.0. The van der Waals surface area contributed by atoms with Crippen LogP contribution < -0.4 is 18.9 Å². The van der Waals surface area contributed by atoms with Crippen LogP contribution in [-0.2, 0) is 10.8 Å². The Morgan fingerprint density at radius 1 is 0.439 bits per heavy atom. The van der Waals surface area contributed by atoms with Crippen LogP contribution in [0.1, 0.15) is 42.5 Å². The lowest BCUT2D eigenvalue weighted by Crippen LogP contribution is -2.36. The van der Waals surface area contributed by atoms with Gasteiger partial charge in [0, 0.05) is 10.8 Å². The number of phenols is 4. The lowest BCUT2D eigenvalue weighted by atomic mass is 9.61. The van der Waals surface area contributed by atoms with E-state index < -0.39 is 10.8 Å². The zero-order valence-electron chi connectivity index (χ0n) is 24.1. The van der Waals surface area contributed by atoms with E-state index in [9.17, 15) is 20.4 Å². The van der Waals surface area contributed by atoms with Crippen molar-refractivity contribution >= 4 is 0 Å². The number of ether oxygens (including phenoxy) is 4. The van der Waals surface area contributed by atoms with Crippen LogP contribution in [-0.4, -0.2) is 48.9 Å². The zero-order chi connectivity index (χ0) is 29.9. The van der Waals surface area contributed by atoms with Crippen molar-refractivity contribution in [2.45, 2.75) is 31.1 Å². The van der Waals surface area contributed by atoms with Gasteiger partial charge in [0.15, 0.2) is 46.0 Å². The predicted molar refractivity (Wildman–Crippen MR) is 156 cm³/mol. The van der Waals surface area contributed by atoms with E-state index in [2.05, 4.69) is 13.8 Å². The molecule has 0 radical (unpaired) electrons. The van der Waals surface area contributed by atoms with Crippen molar-refractivity contribution in [3.8, 4) is 46.0 Å². The minimum atomic E-state index is -0.771. The second-order valence-corrected chi connectivity index (χ2v) is 10.4. The van der Waals surface area contributed by atoms with Gasteiger partial charge in [0.1, 0.15) is 0 Å². The topological polar surface area (TPSA) is 118 Å². The largest absolute Gasteiger partial charge is 0.504 e. The van der Waals surface area contributed by atoms with Crippen LogP contribution >= 0.6 is 0 Å². The van der Waals surface area contributed by atoms with Crippen LogP contribution in [0, 0.1) is 0 Å². The van der Waals surface area contributed by atoms with Crippen LogP contribution in [0.3, 0.4) is 0 Å². The van der Waals surface area contributed by atoms with Crippen LogP contribution in [0.4, 0.5) is 0 Å². The highest BCUT2D eigenvalue weighted by Gasteiger charge is 2.42. The molecule has 0 aromatic heterocycles. The van der Waals surface area contributed by atoms with Crippen molar-refractivity contribution in [1.29, 1.82) is 0 Å². The smallest absolute Gasteiger partial charge is 0.160 e. The maximum absolute atomic E-state index is 10.4. The number of benzene rings is 4. The van der Waals surface area contributed by atoms with Crippen molar-refractivity contribution in [2.75, 3.05) is 28.4 Å². The monoisotopic (exact) mass is 560 g/mol. The fourth-order valence-corrected chi connectivity index (χ4v) is 5.53. The molecular weight excluding hydrogens is 524 g/mol. The predicted octanol–water partition coefficient (Wildman–Crippen LogP) is 6.25. The van der Waals surface area contributed by atoms with Crippen molar-refractivity contribution in [1.82, 2.24) is 0 Å². The van der Waals surface area contributed by atoms with Crippen molar-refractivity contribution in [2.24, 2.45) is 0 Å². The third-order valence-electron chi connectivity index (χ3n) is 7.97. The number of rotatable bonds is 10. The Kier molecular flexibility index (Phi) is 8.14. The molecular formula is C33H36O8. The summed E-state index contributed by atoms with van der Waals surface area (Å²) in [6.45, 7) is 4.14. The summed E-state index contributed by atoms with van der Waals surface area (Å²) in [5.74, 6) is 1.31. The molecule has 0 fully saturated rings. The molecule has 0 aliphatic carbocycles. The van der Waals surface area contributed by atoms with E-state index in [-0.39, 0.29) is 23.0 Å². The molecule has 41 heavy (non-hydrogen) atoms. The lowest BCUT2D eigenvalue weighted by Gasteiger charge is -2.42. The Balaban J connectivity index is 2.04. The first-order valence-corrected chi connectivity index (χ1v) is 13.0. The number of hydrogen-bond acceptors (Lipinski definition) is 8. The molecule has 0 atom stereocenters. The van der Waals surface area contributed by atoms with E-state index in [1.807, 2.05) is 24.3 Å². The molecule has 0 bridgehead atoms. The minimum absolute atomic E-state index is 0.0104. The Hall–Kier alpha value is -4.72. The Morgan fingerprint density at radius 3 is 0.854 bits per heavy atom. The fourth-order valence-electron chi connectivity index (χ4n) is 5.53. The molecule has 4 aromatic rings. The Morgan fingerprint density at radius 2 is 0.659 bits per heavy atom. The van der Waals surface area contributed by atoms with Crippen molar-refractivity contribution in [3.63, 3.8) is 0 Å². The van der Waals surface area contributed by atoms with Gasteiger partial charge in [-0.3, -0.25) is 0 Å². The highest BCUT2D eigenvalue weighted by atomic mass is 16.5. The summed E-state index contributed by atoms with van der Waals surface area (Å²) in [5.41, 5.74) is 1.80. The van der Waals surface area contributed by atoms with Gasteiger partial charge >= 0.3 is 0 Å². The highest BCUT2D eigenvalue weighted by molar-refractivity contribution is 5.55. The molecule has 8 nitrogen and oxygen atoms in total. The first kappa shape index (κ1) is 29.3. The van der Waals surface area contributed by atoms with Gasteiger partial charge in [-0.2, -0.15) is 0 Å². The van der Waals surface area contributed by atoms with Crippen molar-refractivity contribution in [3.05, 3.63) is 95.1 Å². The normalized spacial score (nSPS) is 11.7. The highest BCUT2D eigenvalue weighted by Crippen LogP contribution is 2.51.